The van der Waals surface area contributed by atoms with E-state index < -0.39 is 0 Å². The van der Waals surface area contributed by atoms with Crippen molar-refractivity contribution in [2.24, 2.45) is 0 Å². The third-order valence-corrected chi connectivity index (χ3v) is 11.7. The summed E-state index contributed by atoms with van der Waals surface area (Å²) < 4.78 is 0. The Kier molecular flexibility index (Phi) is 8.16. The first kappa shape index (κ1) is 33.4. The molecule has 1 aliphatic carbocycles. The van der Waals surface area contributed by atoms with E-state index in [9.17, 15) is 0 Å². The van der Waals surface area contributed by atoms with Crippen LogP contribution in [0.5, 0.6) is 0 Å². The first-order valence-corrected chi connectivity index (χ1v) is 18.7. The van der Waals surface area contributed by atoms with Gasteiger partial charge < -0.3 is 0 Å². The van der Waals surface area contributed by atoms with E-state index in [1.54, 1.807) is 0 Å². The summed E-state index contributed by atoms with van der Waals surface area (Å²) in [6.45, 7) is 9.57. The fourth-order valence-electron chi connectivity index (χ4n) is 8.01. The van der Waals surface area contributed by atoms with E-state index in [2.05, 4.69) is 143 Å². The van der Waals surface area contributed by atoms with Gasteiger partial charge in [-0.25, -0.2) is 15.0 Å². The lowest BCUT2D eigenvalue weighted by atomic mass is 9.55. The molecule has 0 bridgehead atoms. The summed E-state index contributed by atoms with van der Waals surface area (Å²) in [4.78, 5) is 15.1. The Labute approximate surface area is 318 Å². The zero-order chi connectivity index (χ0) is 36.9. The smallest absolute Gasteiger partial charge is 0.164 e. The second kappa shape index (κ2) is 13.2. The lowest BCUT2D eigenvalue weighted by molar-refractivity contribution is 0.299. The van der Waals surface area contributed by atoms with Crippen LogP contribution in [0.3, 0.4) is 0 Å². The molecule has 1 aliphatic rings. The Morgan fingerprint density at radius 1 is 0.278 bits per heavy atom. The van der Waals surface area contributed by atoms with Crippen LogP contribution in [0.4, 0.5) is 0 Å². The van der Waals surface area contributed by atoms with Gasteiger partial charge in [0.15, 0.2) is 17.5 Å². The third kappa shape index (κ3) is 5.74. The number of hydrogen-bond acceptors (Lipinski definition) is 3. The van der Waals surface area contributed by atoms with Gasteiger partial charge in [0.1, 0.15) is 0 Å². The number of hydrogen-bond donors (Lipinski definition) is 0. The standard InChI is InChI=1S/C51H41N3/c1-50(2)45-29-27-38(34-17-8-5-9-18-34)32-43(45)44-33-39(28-30-46(44)51(50,3)4)37-23-16-24-40(31-37)41-25-14-15-26-42(41)49-53-47(35-19-10-6-11-20-35)52-48(54-49)36-21-12-7-13-22-36/h5-33H,1-4H3. The summed E-state index contributed by atoms with van der Waals surface area (Å²) in [5.41, 5.74) is 15.2. The summed E-state index contributed by atoms with van der Waals surface area (Å²) in [6.07, 6.45) is 0. The molecule has 9 rings (SSSR count). The Morgan fingerprint density at radius 2 is 0.667 bits per heavy atom. The normalized spacial score (nSPS) is 13.9. The molecule has 54 heavy (non-hydrogen) atoms. The van der Waals surface area contributed by atoms with Gasteiger partial charge in [-0.05, 0) is 84.7 Å². The van der Waals surface area contributed by atoms with Crippen LogP contribution in [0, 0.1) is 0 Å². The van der Waals surface area contributed by atoms with E-state index in [1.165, 1.54) is 44.5 Å². The highest BCUT2D eigenvalue weighted by Crippen LogP contribution is 2.55. The van der Waals surface area contributed by atoms with Crippen LogP contribution in [0.25, 0.3) is 78.7 Å². The van der Waals surface area contributed by atoms with Crippen LogP contribution in [0.2, 0.25) is 0 Å². The molecule has 0 saturated heterocycles. The fourth-order valence-corrected chi connectivity index (χ4v) is 8.01. The van der Waals surface area contributed by atoms with Gasteiger partial charge in [0.2, 0.25) is 0 Å². The Morgan fingerprint density at radius 3 is 1.20 bits per heavy atom. The Balaban J connectivity index is 1.16. The van der Waals surface area contributed by atoms with Crippen LogP contribution in [0.1, 0.15) is 38.8 Å². The van der Waals surface area contributed by atoms with E-state index in [1.807, 2.05) is 60.7 Å². The molecule has 3 nitrogen and oxygen atoms in total. The van der Waals surface area contributed by atoms with Crippen molar-refractivity contribution in [3.05, 3.63) is 187 Å². The zero-order valence-electron chi connectivity index (χ0n) is 31.1. The SMILES string of the molecule is CC1(C)c2ccc(-c3ccccc3)cc2-c2cc(-c3cccc(-c4ccccc4-c4nc(-c5ccccc5)nc(-c5ccccc5)n4)c3)ccc2C1(C)C. The topological polar surface area (TPSA) is 38.7 Å². The number of aromatic nitrogens is 3. The van der Waals surface area contributed by atoms with Crippen molar-refractivity contribution < 1.29 is 0 Å². The van der Waals surface area contributed by atoms with Crippen molar-refractivity contribution in [1.29, 1.82) is 0 Å². The Bertz CT molecular complexity index is 2580. The highest BCUT2D eigenvalue weighted by molar-refractivity contribution is 5.87. The summed E-state index contributed by atoms with van der Waals surface area (Å²) in [5, 5.41) is 0. The van der Waals surface area contributed by atoms with Crippen molar-refractivity contribution >= 4 is 0 Å². The molecule has 7 aromatic carbocycles. The first-order valence-electron chi connectivity index (χ1n) is 18.7. The van der Waals surface area contributed by atoms with Gasteiger partial charge in [0, 0.05) is 16.7 Å². The van der Waals surface area contributed by atoms with Gasteiger partial charge in [0.25, 0.3) is 0 Å². The summed E-state index contributed by atoms with van der Waals surface area (Å²) in [6, 6.07) is 62.4. The average molecular weight is 696 g/mol. The number of nitrogens with zero attached hydrogens (tertiary/aromatic N) is 3. The molecule has 3 heteroatoms. The molecule has 0 fully saturated rings. The maximum atomic E-state index is 5.07. The monoisotopic (exact) mass is 695 g/mol. The molecular weight excluding hydrogens is 655 g/mol. The summed E-state index contributed by atoms with van der Waals surface area (Å²) in [7, 11) is 0. The maximum absolute atomic E-state index is 5.07. The minimum Gasteiger partial charge on any atom is -0.208 e. The molecule has 0 saturated carbocycles. The van der Waals surface area contributed by atoms with E-state index in [0.29, 0.717) is 17.5 Å². The molecule has 0 atom stereocenters. The second-order valence-corrected chi connectivity index (χ2v) is 15.3. The van der Waals surface area contributed by atoms with Crippen molar-refractivity contribution in [1.82, 2.24) is 15.0 Å². The van der Waals surface area contributed by atoms with Gasteiger partial charge in [0.05, 0.1) is 0 Å². The van der Waals surface area contributed by atoms with Crippen LogP contribution >= 0.6 is 0 Å². The van der Waals surface area contributed by atoms with Gasteiger partial charge in [-0.15, -0.1) is 0 Å². The van der Waals surface area contributed by atoms with E-state index in [0.717, 1.165) is 27.8 Å². The highest BCUT2D eigenvalue weighted by atomic mass is 15.0. The third-order valence-electron chi connectivity index (χ3n) is 11.7. The van der Waals surface area contributed by atoms with Crippen LogP contribution < -0.4 is 0 Å². The van der Waals surface area contributed by atoms with Crippen LogP contribution in [-0.2, 0) is 10.8 Å². The van der Waals surface area contributed by atoms with Gasteiger partial charge in [-0.3, -0.25) is 0 Å². The predicted molar refractivity (Wildman–Crippen MR) is 224 cm³/mol. The molecule has 0 unspecified atom stereocenters. The minimum atomic E-state index is -0.0648. The van der Waals surface area contributed by atoms with Gasteiger partial charge >= 0.3 is 0 Å². The fraction of sp³-hybridized carbons (Fsp3) is 0.118. The molecule has 1 aromatic heterocycles. The van der Waals surface area contributed by atoms with Gasteiger partial charge in [-0.1, -0.05) is 185 Å². The van der Waals surface area contributed by atoms with Crippen LogP contribution in [0.15, 0.2) is 176 Å². The van der Waals surface area contributed by atoms with Crippen molar-refractivity contribution in [3.8, 4) is 78.7 Å². The van der Waals surface area contributed by atoms with E-state index in [4.69, 9.17) is 15.0 Å². The van der Waals surface area contributed by atoms with Crippen molar-refractivity contribution in [2.45, 2.75) is 38.5 Å². The predicted octanol–water partition coefficient (Wildman–Crippen LogP) is 13.1. The molecule has 0 amide bonds. The molecule has 8 aromatic rings. The lowest BCUT2D eigenvalue weighted by Gasteiger charge is -2.48. The second-order valence-electron chi connectivity index (χ2n) is 15.3. The maximum Gasteiger partial charge on any atom is 0.164 e. The highest BCUT2D eigenvalue weighted by Gasteiger charge is 2.45. The summed E-state index contributed by atoms with van der Waals surface area (Å²) in [5.74, 6) is 1.95. The van der Waals surface area contributed by atoms with E-state index >= 15 is 0 Å². The zero-order valence-corrected chi connectivity index (χ0v) is 31.1. The molecule has 0 spiro atoms. The molecule has 0 N–H and O–H groups in total. The van der Waals surface area contributed by atoms with Gasteiger partial charge in [-0.2, -0.15) is 0 Å². The molecular formula is C51H41N3. The molecule has 260 valence electrons. The minimum absolute atomic E-state index is 0.0501. The number of rotatable bonds is 6. The largest absolute Gasteiger partial charge is 0.208 e. The first-order chi connectivity index (χ1) is 26.3. The molecule has 1 heterocycles. The van der Waals surface area contributed by atoms with E-state index in [-0.39, 0.29) is 10.8 Å². The number of fused-ring (bicyclic) bond motifs is 3. The van der Waals surface area contributed by atoms with Crippen LogP contribution in [-0.4, -0.2) is 15.0 Å². The lowest BCUT2D eigenvalue weighted by Crippen LogP contribution is -2.43. The molecule has 0 radical (unpaired) electrons. The number of benzene rings is 7. The molecule has 0 aliphatic heterocycles. The summed E-state index contributed by atoms with van der Waals surface area (Å²) >= 11 is 0. The quantitative estimate of drug-likeness (QED) is 0.174. The Hall–Kier alpha value is -6.45. The van der Waals surface area contributed by atoms with Crippen molar-refractivity contribution in [3.63, 3.8) is 0 Å². The van der Waals surface area contributed by atoms with Crippen molar-refractivity contribution in [2.75, 3.05) is 0 Å². The average Bonchev–Trinajstić information content (AvgIpc) is 3.23.